The van der Waals surface area contributed by atoms with E-state index in [4.69, 9.17) is 11.6 Å². The molecule has 0 N–H and O–H groups in total. The molecule has 19 heavy (non-hydrogen) atoms. The minimum atomic E-state index is 0.153. The standard InChI is InChI=1S/C16H14ClN2/c1-2-15(12-6-4-3-5-7-12)19-16-9-8-14(17)10-13(16)11-18-19/h3-11,15H,1-2H2. The fraction of sp³-hybridized carbons (Fsp3) is 0.125. The second-order valence-corrected chi connectivity index (χ2v) is 4.94. The highest BCUT2D eigenvalue weighted by molar-refractivity contribution is 6.31. The molecule has 1 atom stereocenters. The minimum absolute atomic E-state index is 0.153. The zero-order valence-corrected chi connectivity index (χ0v) is 11.2. The normalized spacial score (nSPS) is 12.7. The Morgan fingerprint density at radius 2 is 1.95 bits per heavy atom. The van der Waals surface area contributed by atoms with Crippen LogP contribution in [0.3, 0.4) is 0 Å². The number of fused-ring (bicyclic) bond motifs is 1. The highest BCUT2D eigenvalue weighted by atomic mass is 35.5. The first kappa shape index (κ1) is 12.2. The second kappa shape index (κ2) is 5.06. The molecule has 1 radical (unpaired) electrons. The van der Waals surface area contributed by atoms with Crippen LogP contribution in [0.2, 0.25) is 5.02 Å². The molecular weight excluding hydrogens is 256 g/mol. The van der Waals surface area contributed by atoms with Crippen molar-refractivity contribution in [3.63, 3.8) is 0 Å². The summed E-state index contributed by atoms with van der Waals surface area (Å²) in [5, 5.41) is 6.29. The summed E-state index contributed by atoms with van der Waals surface area (Å²) in [6.45, 7) is 4.06. The summed E-state index contributed by atoms with van der Waals surface area (Å²) < 4.78 is 2.02. The summed E-state index contributed by atoms with van der Waals surface area (Å²) >= 11 is 6.01. The minimum Gasteiger partial charge on any atom is -0.257 e. The molecule has 0 spiro atoms. The van der Waals surface area contributed by atoms with Gasteiger partial charge in [-0.15, -0.1) is 0 Å². The van der Waals surface area contributed by atoms with Crippen molar-refractivity contribution >= 4 is 22.5 Å². The Bertz CT molecular complexity index is 688. The number of halogens is 1. The van der Waals surface area contributed by atoms with Gasteiger partial charge in [-0.3, -0.25) is 4.68 Å². The van der Waals surface area contributed by atoms with Gasteiger partial charge in [0.2, 0.25) is 0 Å². The van der Waals surface area contributed by atoms with Crippen LogP contribution in [0, 0.1) is 6.92 Å². The maximum Gasteiger partial charge on any atom is 0.0775 e. The zero-order valence-electron chi connectivity index (χ0n) is 10.5. The molecule has 0 amide bonds. The van der Waals surface area contributed by atoms with E-state index in [-0.39, 0.29) is 6.04 Å². The number of hydrogen-bond donors (Lipinski definition) is 0. The summed E-state index contributed by atoms with van der Waals surface area (Å²) in [6, 6.07) is 16.3. The van der Waals surface area contributed by atoms with Crippen LogP contribution in [-0.2, 0) is 0 Å². The van der Waals surface area contributed by atoms with Crippen molar-refractivity contribution in [2.24, 2.45) is 0 Å². The molecular formula is C16H14ClN2. The first-order valence-electron chi connectivity index (χ1n) is 6.26. The highest BCUT2D eigenvalue weighted by Gasteiger charge is 2.14. The fourth-order valence-electron chi connectivity index (χ4n) is 2.38. The van der Waals surface area contributed by atoms with Crippen LogP contribution >= 0.6 is 11.6 Å². The Hall–Kier alpha value is -1.80. The number of nitrogens with zero attached hydrogens (tertiary/aromatic N) is 2. The molecule has 3 rings (SSSR count). The van der Waals surface area contributed by atoms with Crippen LogP contribution in [0.5, 0.6) is 0 Å². The molecule has 0 aliphatic rings. The molecule has 3 aromatic rings. The van der Waals surface area contributed by atoms with Crippen molar-refractivity contribution in [2.75, 3.05) is 0 Å². The topological polar surface area (TPSA) is 17.8 Å². The molecule has 3 heteroatoms. The average Bonchev–Trinajstić information content (AvgIpc) is 2.84. The predicted octanol–water partition coefficient (Wildman–Crippen LogP) is 4.50. The highest BCUT2D eigenvalue weighted by Crippen LogP contribution is 2.27. The lowest BCUT2D eigenvalue weighted by Gasteiger charge is -2.17. The van der Waals surface area contributed by atoms with E-state index < -0.39 is 0 Å². The van der Waals surface area contributed by atoms with Gasteiger partial charge in [0.25, 0.3) is 0 Å². The largest absolute Gasteiger partial charge is 0.257 e. The molecule has 0 aliphatic carbocycles. The molecule has 1 aromatic heterocycles. The van der Waals surface area contributed by atoms with Crippen LogP contribution in [0.4, 0.5) is 0 Å². The van der Waals surface area contributed by atoms with Crippen LogP contribution in [0.1, 0.15) is 18.0 Å². The number of aromatic nitrogens is 2. The fourth-order valence-corrected chi connectivity index (χ4v) is 2.56. The number of benzene rings is 2. The Labute approximate surface area is 117 Å². The van der Waals surface area contributed by atoms with Gasteiger partial charge >= 0.3 is 0 Å². The molecule has 95 valence electrons. The smallest absolute Gasteiger partial charge is 0.0775 e. The lowest BCUT2D eigenvalue weighted by Crippen LogP contribution is -2.10. The summed E-state index contributed by atoms with van der Waals surface area (Å²) in [5.41, 5.74) is 2.30. The Morgan fingerprint density at radius 1 is 1.16 bits per heavy atom. The molecule has 1 unspecified atom stereocenters. The summed E-state index contributed by atoms with van der Waals surface area (Å²) in [6.07, 6.45) is 2.61. The van der Waals surface area contributed by atoms with Crippen molar-refractivity contribution in [3.8, 4) is 0 Å². The van der Waals surface area contributed by atoms with Gasteiger partial charge in [-0.2, -0.15) is 5.10 Å². The summed E-state index contributed by atoms with van der Waals surface area (Å²) in [7, 11) is 0. The van der Waals surface area contributed by atoms with Gasteiger partial charge in [0, 0.05) is 10.4 Å². The zero-order chi connectivity index (χ0) is 13.2. The monoisotopic (exact) mass is 269 g/mol. The molecule has 0 saturated heterocycles. The average molecular weight is 270 g/mol. The predicted molar refractivity (Wildman–Crippen MR) is 79.3 cm³/mol. The first-order chi connectivity index (χ1) is 9.29. The quantitative estimate of drug-likeness (QED) is 0.684. The molecule has 0 saturated carbocycles. The van der Waals surface area contributed by atoms with Crippen LogP contribution in [0.15, 0.2) is 54.7 Å². The van der Waals surface area contributed by atoms with E-state index >= 15 is 0 Å². The third-order valence-electron chi connectivity index (χ3n) is 3.31. The van der Waals surface area contributed by atoms with Gasteiger partial charge in [-0.25, -0.2) is 0 Å². The molecule has 2 aromatic carbocycles. The van der Waals surface area contributed by atoms with E-state index in [0.717, 1.165) is 22.3 Å². The lowest BCUT2D eigenvalue weighted by atomic mass is 10.0. The number of hydrogen-bond acceptors (Lipinski definition) is 1. The van der Waals surface area contributed by atoms with Gasteiger partial charge in [0.05, 0.1) is 17.8 Å². The maximum atomic E-state index is 6.01. The molecule has 0 bridgehead atoms. The van der Waals surface area contributed by atoms with E-state index in [1.54, 1.807) is 0 Å². The second-order valence-electron chi connectivity index (χ2n) is 4.51. The van der Waals surface area contributed by atoms with Gasteiger partial charge in [-0.05, 0) is 30.2 Å². The van der Waals surface area contributed by atoms with Gasteiger partial charge in [0.1, 0.15) is 0 Å². The van der Waals surface area contributed by atoms with Crippen molar-refractivity contribution in [1.29, 1.82) is 0 Å². The van der Waals surface area contributed by atoms with Gasteiger partial charge in [-0.1, -0.05) is 48.9 Å². The van der Waals surface area contributed by atoms with Gasteiger partial charge in [0.15, 0.2) is 0 Å². The van der Waals surface area contributed by atoms with E-state index in [2.05, 4.69) is 24.2 Å². The third-order valence-corrected chi connectivity index (χ3v) is 3.55. The Morgan fingerprint density at radius 3 is 2.68 bits per heavy atom. The molecule has 0 fully saturated rings. The Balaban J connectivity index is 2.12. The molecule has 2 nitrogen and oxygen atoms in total. The van der Waals surface area contributed by atoms with Crippen molar-refractivity contribution in [1.82, 2.24) is 9.78 Å². The lowest BCUT2D eigenvalue weighted by molar-refractivity contribution is 0.544. The van der Waals surface area contributed by atoms with E-state index in [1.165, 1.54) is 5.56 Å². The summed E-state index contributed by atoms with van der Waals surface area (Å²) in [4.78, 5) is 0. The van der Waals surface area contributed by atoms with Crippen molar-refractivity contribution < 1.29 is 0 Å². The SMILES string of the molecule is [CH2]CC(c1ccccc1)n1ncc2cc(Cl)ccc21. The first-order valence-corrected chi connectivity index (χ1v) is 6.64. The van der Waals surface area contributed by atoms with E-state index in [9.17, 15) is 0 Å². The summed E-state index contributed by atoms with van der Waals surface area (Å²) in [5.74, 6) is 0. The van der Waals surface area contributed by atoms with E-state index in [0.29, 0.717) is 0 Å². The van der Waals surface area contributed by atoms with E-state index in [1.807, 2.05) is 47.3 Å². The van der Waals surface area contributed by atoms with Gasteiger partial charge < -0.3 is 0 Å². The number of rotatable bonds is 3. The van der Waals surface area contributed by atoms with Crippen LogP contribution < -0.4 is 0 Å². The van der Waals surface area contributed by atoms with Crippen LogP contribution in [0.25, 0.3) is 10.9 Å². The molecule has 1 heterocycles. The molecule has 0 aliphatic heterocycles. The van der Waals surface area contributed by atoms with Crippen molar-refractivity contribution in [3.05, 3.63) is 72.2 Å². The van der Waals surface area contributed by atoms with Crippen LogP contribution in [-0.4, -0.2) is 9.78 Å². The Kier molecular flexibility index (Phi) is 3.26. The van der Waals surface area contributed by atoms with Crippen molar-refractivity contribution in [2.45, 2.75) is 12.5 Å². The third kappa shape index (κ3) is 2.24. The maximum absolute atomic E-state index is 6.01.